The molecule has 1 aliphatic rings. The van der Waals surface area contributed by atoms with Crippen molar-refractivity contribution in [2.45, 2.75) is 19.3 Å². The summed E-state index contributed by atoms with van der Waals surface area (Å²) in [5.74, 6) is -0.674. The van der Waals surface area contributed by atoms with Crippen LogP contribution in [0.15, 0.2) is 10.8 Å². The molecule has 0 amide bonds. The molecule has 0 fully saturated rings. The molecule has 1 aromatic heterocycles. The highest BCUT2D eigenvalue weighted by atomic mass is 32.1. The molecule has 2 atom stereocenters. The van der Waals surface area contributed by atoms with Crippen LogP contribution in [0.4, 0.5) is 0 Å². The summed E-state index contributed by atoms with van der Waals surface area (Å²) in [5.41, 5.74) is 2.28. The third kappa shape index (κ3) is 0.966. The van der Waals surface area contributed by atoms with Gasteiger partial charge in [0, 0.05) is 0 Å². The molecule has 2 rings (SSSR count). The van der Waals surface area contributed by atoms with Crippen molar-refractivity contribution in [1.29, 1.82) is 0 Å². The predicted molar refractivity (Wildman–Crippen MR) is 47.6 cm³/mol. The number of fused-ring (bicyclic) bond motifs is 1. The van der Waals surface area contributed by atoms with Crippen LogP contribution >= 0.6 is 11.3 Å². The van der Waals surface area contributed by atoms with E-state index in [4.69, 9.17) is 5.11 Å². The summed E-state index contributed by atoms with van der Waals surface area (Å²) in [5, 5.41) is 13.0. The number of rotatable bonds is 1. The number of aliphatic carboxylic acids is 1. The van der Waals surface area contributed by atoms with Gasteiger partial charge in [-0.1, -0.05) is 6.92 Å². The van der Waals surface area contributed by atoms with E-state index in [9.17, 15) is 4.79 Å². The lowest BCUT2D eigenvalue weighted by molar-refractivity contribution is -0.139. The minimum atomic E-state index is -0.681. The lowest BCUT2D eigenvalue weighted by Crippen LogP contribution is -2.14. The molecule has 1 aliphatic carbocycles. The molecule has 2 nitrogen and oxygen atoms in total. The average molecular weight is 182 g/mol. The van der Waals surface area contributed by atoms with E-state index >= 15 is 0 Å². The van der Waals surface area contributed by atoms with Crippen LogP contribution in [0, 0.1) is 5.92 Å². The molecule has 64 valence electrons. The first-order chi connectivity index (χ1) is 5.70. The van der Waals surface area contributed by atoms with Gasteiger partial charge in [0.15, 0.2) is 0 Å². The minimum Gasteiger partial charge on any atom is -0.481 e. The Hall–Kier alpha value is -0.830. The highest BCUT2D eigenvalue weighted by Crippen LogP contribution is 2.39. The Morgan fingerprint density at radius 2 is 2.42 bits per heavy atom. The van der Waals surface area contributed by atoms with Gasteiger partial charge in [-0.2, -0.15) is 11.3 Å². The van der Waals surface area contributed by atoms with E-state index in [2.05, 4.69) is 5.38 Å². The zero-order valence-corrected chi connectivity index (χ0v) is 7.60. The Labute approximate surface area is 74.8 Å². The van der Waals surface area contributed by atoms with Gasteiger partial charge in [-0.15, -0.1) is 0 Å². The maximum Gasteiger partial charge on any atom is 0.311 e. The highest BCUT2D eigenvalue weighted by Gasteiger charge is 2.35. The fourth-order valence-electron chi connectivity index (χ4n) is 1.92. The molecule has 0 aromatic carbocycles. The van der Waals surface area contributed by atoms with Crippen molar-refractivity contribution in [2.24, 2.45) is 5.92 Å². The zero-order chi connectivity index (χ0) is 8.72. The second-order valence-corrected chi connectivity index (χ2v) is 4.09. The molecule has 12 heavy (non-hydrogen) atoms. The summed E-state index contributed by atoms with van der Waals surface area (Å²) in [6, 6.07) is 0. The smallest absolute Gasteiger partial charge is 0.311 e. The van der Waals surface area contributed by atoms with Crippen LogP contribution in [-0.4, -0.2) is 11.1 Å². The maximum absolute atomic E-state index is 10.9. The molecule has 0 aliphatic heterocycles. The average Bonchev–Trinajstić information content (AvgIpc) is 2.44. The van der Waals surface area contributed by atoms with Crippen molar-refractivity contribution >= 4 is 17.3 Å². The van der Waals surface area contributed by atoms with Crippen molar-refractivity contribution in [3.63, 3.8) is 0 Å². The highest BCUT2D eigenvalue weighted by molar-refractivity contribution is 7.08. The number of thiophene rings is 1. The number of hydrogen-bond acceptors (Lipinski definition) is 2. The topological polar surface area (TPSA) is 37.3 Å². The molecule has 0 bridgehead atoms. The molecule has 2 unspecified atom stereocenters. The third-order valence-corrected chi connectivity index (χ3v) is 3.30. The van der Waals surface area contributed by atoms with E-state index < -0.39 is 5.97 Å². The van der Waals surface area contributed by atoms with Crippen LogP contribution in [0.3, 0.4) is 0 Å². The molecule has 0 radical (unpaired) electrons. The van der Waals surface area contributed by atoms with Crippen molar-refractivity contribution < 1.29 is 9.90 Å². The third-order valence-electron chi connectivity index (χ3n) is 2.49. The number of carboxylic acid groups (broad SMARTS) is 1. The van der Waals surface area contributed by atoms with Crippen molar-refractivity contribution in [3.8, 4) is 0 Å². The van der Waals surface area contributed by atoms with Crippen LogP contribution < -0.4 is 0 Å². The molecular weight excluding hydrogens is 172 g/mol. The Bertz CT molecular complexity index is 316. The van der Waals surface area contributed by atoms with Crippen molar-refractivity contribution in [3.05, 3.63) is 21.9 Å². The number of carboxylic acids is 1. The first-order valence-electron chi connectivity index (χ1n) is 3.98. The van der Waals surface area contributed by atoms with E-state index in [1.165, 1.54) is 5.56 Å². The Morgan fingerprint density at radius 1 is 1.67 bits per heavy atom. The summed E-state index contributed by atoms with van der Waals surface area (Å²) in [7, 11) is 0. The first kappa shape index (κ1) is 7.80. The Morgan fingerprint density at radius 3 is 3.08 bits per heavy atom. The van der Waals surface area contributed by atoms with Crippen LogP contribution in [0.25, 0.3) is 0 Å². The molecule has 1 N–H and O–H groups in total. The first-order valence-corrected chi connectivity index (χ1v) is 4.92. The lowest BCUT2D eigenvalue weighted by Gasteiger charge is -2.09. The summed E-state index contributed by atoms with van der Waals surface area (Å²) in [4.78, 5) is 10.9. The summed E-state index contributed by atoms with van der Waals surface area (Å²) >= 11 is 1.60. The van der Waals surface area contributed by atoms with Gasteiger partial charge in [0.25, 0.3) is 0 Å². The van der Waals surface area contributed by atoms with Gasteiger partial charge in [-0.05, 0) is 34.2 Å². The standard InChI is InChI=1S/C9H10O2S/c1-5-2-6-3-12-4-7(6)8(5)9(10)11/h3-5,8H,2H2,1H3,(H,10,11). The van der Waals surface area contributed by atoms with Crippen molar-refractivity contribution in [1.82, 2.24) is 0 Å². The van der Waals surface area contributed by atoms with E-state index in [0.29, 0.717) is 0 Å². The Kier molecular flexibility index (Phi) is 1.68. The molecule has 0 spiro atoms. The van der Waals surface area contributed by atoms with Gasteiger partial charge in [-0.25, -0.2) is 0 Å². The molecule has 1 heterocycles. The van der Waals surface area contributed by atoms with Gasteiger partial charge in [0.2, 0.25) is 0 Å². The second kappa shape index (κ2) is 2.59. The molecule has 0 saturated heterocycles. The number of carbonyl (C=O) groups is 1. The maximum atomic E-state index is 10.9. The quantitative estimate of drug-likeness (QED) is 0.722. The largest absolute Gasteiger partial charge is 0.481 e. The lowest BCUT2D eigenvalue weighted by atomic mass is 9.96. The summed E-state index contributed by atoms with van der Waals surface area (Å²) in [6.45, 7) is 2.00. The van der Waals surface area contributed by atoms with Crippen LogP contribution in [0.5, 0.6) is 0 Å². The van der Waals surface area contributed by atoms with E-state index in [1.54, 1.807) is 11.3 Å². The summed E-state index contributed by atoms with van der Waals surface area (Å²) < 4.78 is 0. The van der Waals surface area contributed by atoms with Crippen LogP contribution in [0.1, 0.15) is 24.0 Å². The summed E-state index contributed by atoms with van der Waals surface area (Å²) in [6.07, 6.45) is 0.926. The molecule has 1 aromatic rings. The van der Waals surface area contributed by atoms with E-state index in [0.717, 1.165) is 12.0 Å². The van der Waals surface area contributed by atoms with Crippen LogP contribution in [0.2, 0.25) is 0 Å². The minimum absolute atomic E-state index is 0.258. The fourth-order valence-corrected chi connectivity index (χ4v) is 2.83. The molecule has 3 heteroatoms. The van der Waals surface area contributed by atoms with Gasteiger partial charge >= 0.3 is 5.97 Å². The fraction of sp³-hybridized carbons (Fsp3) is 0.444. The van der Waals surface area contributed by atoms with E-state index in [-0.39, 0.29) is 11.8 Å². The SMILES string of the molecule is CC1Cc2cscc2C1C(=O)O. The van der Waals surface area contributed by atoms with Crippen molar-refractivity contribution in [2.75, 3.05) is 0 Å². The zero-order valence-electron chi connectivity index (χ0n) is 6.78. The monoisotopic (exact) mass is 182 g/mol. The normalized spacial score (nSPS) is 27.1. The van der Waals surface area contributed by atoms with Gasteiger partial charge in [-0.3, -0.25) is 4.79 Å². The van der Waals surface area contributed by atoms with E-state index in [1.807, 2.05) is 12.3 Å². The van der Waals surface area contributed by atoms with Gasteiger partial charge in [0.1, 0.15) is 0 Å². The molecular formula is C9H10O2S. The second-order valence-electron chi connectivity index (χ2n) is 3.35. The van der Waals surface area contributed by atoms with Gasteiger partial charge < -0.3 is 5.11 Å². The predicted octanol–water partition coefficient (Wildman–Crippen LogP) is 2.11. The van der Waals surface area contributed by atoms with Crippen LogP contribution in [-0.2, 0) is 11.2 Å². The van der Waals surface area contributed by atoms with Gasteiger partial charge in [0.05, 0.1) is 5.92 Å². The number of hydrogen-bond donors (Lipinski definition) is 1. The Balaban J connectivity index is 2.41. The molecule has 0 saturated carbocycles.